The molecule has 0 N–H and O–H groups in total. The van der Waals surface area contributed by atoms with Gasteiger partial charge in [-0.1, -0.05) is 84.9 Å². The Morgan fingerprint density at radius 2 is 0.981 bits per heavy atom. The van der Waals surface area contributed by atoms with E-state index in [1.807, 2.05) is 36.9 Å². The van der Waals surface area contributed by atoms with E-state index in [1.165, 1.54) is 61.0 Å². The monoisotopic (exact) mass is 666 g/mol. The number of hydrogen-bond acceptors (Lipinski definition) is 3. The Hall–Kier alpha value is -6.78. The van der Waals surface area contributed by atoms with Crippen LogP contribution < -0.4 is 4.90 Å². The number of benzene rings is 6. The predicted molar refractivity (Wildman–Crippen MR) is 214 cm³/mol. The van der Waals surface area contributed by atoms with E-state index >= 15 is 0 Å². The second-order valence-electron chi connectivity index (χ2n) is 13.6. The van der Waals surface area contributed by atoms with E-state index in [-0.39, 0.29) is 0 Å². The van der Waals surface area contributed by atoms with Gasteiger partial charge in [-0.15, -0.1) is 0 Å². The number of aromatic nitrogens is 3. The Balaban J connectivity index is 1.16. The first kappa shape index (κ1) is 30.1. The normalized spacial score (nSPS) is 12.4. The second-order valence-corrected chi connectivity index (χ2v) is 13.6. The van der Waals surface area contributed by atoms with Gasteiger partial charge in [-0.05, 0) is 117 Å². The first-order valence-corrected chi connectivity index (χ1v) is 17.8. The molecule has 0 bridgehead atoms. The van der Waals surface area contributed by atoms with Crippen molar-refractivity contribution in [2.24, 2.45) is 0 Å². The fourth-order valence-electron chi connectivity index (χ4n) is 7.94. The summed E-state index contributed by atoms with van der Waals surface area (Å²) in [5.74, 6) is 0. The lowest BCUT2D eigenvalue weighted by Crippen LogP contribution is -2.20. The third-order valence-corrected chi connectivity index (χ3v) is 10.4. The molecule has 1 aliphatic heterocycles. The van der Waals surface area contributed by atoms with Gasteiger partial charge >= 0.3 is 0 Å². The molecule has 4 nitrogen and oxygen atoms in total. The van der Waals surface area contributed by atoms with Gasteiger partial charge in [-0.25, -0.2) is 0 Å². The number of anilines is 1. The topological polar surface area (TPSA) is 34.0 Å². The second kappa shape index (κ2) is 12.5. The van der Waals surface area contributed by atoms with Gasteiger partial charge in [0.15, 0.2) is 0 Å². The van der Waals surface area contributed by atoms with Crippen LogP contribution >= 0.6 is 0 Å². The Morgan fingerprint density at radius 3 is 1.62 bits per heavy atom. The van der Waals surface area contributed by atoms with Gasteiger partial charge in [0.05, 0.1) is 11.0 Å². The number of hydrogen-bond donors (Lipinski definition) is 0. The van der Waals surface area contributed by atoms with Gasteiger partial charge in [0.2, 0.25) is 0 Å². The molecular weight excluding hydrogens is 633 g/mol. The maximum atomic E-state index is 4.43. The lowest BCUT2D eigenvalue weighted by atomic mass is 9.90. The quantitative estimate of drug-likeness (QED) is 0.183. The Morgan fingerprint density at radius 1 is 0.385 bits per heavy atom. The highest BCUT2D eigenvalue weighted by Crippen LogP contribution is 2.41. The van der Waals surface area contributed by atoms with Crippen molar-refractivity contribution in [3.8, 4) is 50.2 Å². The molecule has 10 rings (SSSR count). The Bertz CT molecular complexity index is 2620. The van der Waals surface area contributed by atoms with E-state index in [4.69, 9.17) is 0 Å². The van der Waals surface area contributed by atoms with Crippen LogP contribution in [0.4, 0.5) is 5.69 Å². The highest BCUT2D eigenvalue weighted by Gasteiger charge is 2.22. The number of pyridine rings is 2. The fraction of sp³-hybridized carbons (Fsp3) is 0.0417. The summed E-state index contributed by atoms with van der Waals surface area (Å²) in [6, 6.07) is 57.4. The maximum Gasteiger partial charge on any atom is 0.0541 e. The summed E-state index contributed by atoms with van der Waals surface area (Å²) in [7, 11) is 0. The van der Waals surface area contributed by atoms with Gasteiger partial charge < -0.3 is 9.47 Å². The molecule has 52 heavy (non-hydrogen) atoms. The molecule has 0 saturated carbocycles. The summed E-state index contributed by atoms with van der Waals surface area (Å²) < 4.78 is 2.42. The molecule has 3 aromatic heterocycles. The van der Waals surface area contributed by atoms with Gasteiger partial charge in [0.1, 0.15) is 0 Å². The third-order valence-electron chi connectivity index (χ3n) is 10.4. The number of fused-ring (bicyclic) bond motifs is 6. The number of nitrogens with zero attached hydrogens (tertiary/aromatic N) is 4. The minimum atomic E-state index is 0.796. The van der Waals surface area contributed by atoms with Crippen LogP contribution in [0.15, 0.2) is 183 Å². The van der Waals surface area contributed by atoms with Crippen molar-refractivity contribution >= 4 is 27.5 Å². The molecule has 0 unspecified atom stereocenters. The van der Waals surface area contributed by atoms with Gasteiger partial charge in [0, 0.05) is 71.2 Å². The molecule has 0 amide bonds. The van der Waals surface area contributed by atoms with Gasteiger partial charge in [-0.2, -0.15) is 0 Å². The molecule has 0 fully saturated rings. The molecule has 246 valence electrons. The molecule has 9 aromatic rings. The SMILES string of the molecule is c1ccc(N2Cc3cc(-c4cc(-c5cccnc5)cc(-c5cccnc5)c4)ccc3-c3cc(-n4c5ccccc5c5ccccc54)ccc3C2)cc1. The minimum Gasteiger partial charge on any atom is -0.363 e. The summed E-state index contributed by atoms with van der Waals surface area (Å²) in [6.45, 7) is 1.61. The summed E-state index contributed by atoms with van der Waals surface area (Å²) >= 11 is 0. The van der Waals surface area contributed by atoms with Crippen LogP contribution in [-0.2, 0) is 13.1 Å². The molecule has 1 aliphatic rings. The summed E-state index contributed by atoms with van der Waals surface area (Å²) in [5.41, 5.74) is 16.8. The van der Waals surface area contributed by atoms with Crippen molar-refractivity contribution in [1.82, 2.24) is 14.5 Å². The van der Waals surface area contributed by atoms with Crippen LogP contribution in [-0.4, -0.2) is 14.5 Å². The predicted octanol–water partition coefficient (Wildman–Crippen LogP) is 11.8. The van der Waals surface area contributed by atoms with E-state index in [2.05, 4.69) is 165 Å². The average Bonchev–Trinajstić information content (AvgIpc) is 3.46. The third kappa shape index (κ3) is 5.24. The molecule has 4 heterocycles. The first-order chi connectivity index (χ1) is 25.8. The van der Waals surface area contributed by atoms with E-state index in [0.29, 0.717) is 0 Å². The zero-order valence-corrected chi connectivity index (χ0v) is 28.5. The summed E-state index contributed by atoms with van der Waals surface area (Å²) in [6.07, 6.45) is 7.52. The molecular formula is C48H34N4. The van der Waals surface area contributed by atoms with Crippen LogP contribution in [0.3, 0.4) is 0 Å². The van der Waals surface area contributed by atoms with E-state index < -0.39 is 0 Å². The van der Waals surface area contributed by atoms with Gasteiger partial charge in [-0.3, -0.25) is 9.97 Å². The Labute approximate surface area is 302 Å². The van der Waals surface area contributed by atoms with Crippen LogP contribution in [0.2, 0.25) is 0 Å². The zero-order valence-electron chi connectivity index (χ0n) is 28.5. The summed E-state index contributed by atoms with van der Waals surface area (Å²) in [5, 5.41) is 2.54. The average molecular weight is 667 g/mol. The van der Waals surface area contributed by atoms with Crippen LogP contribution in [0, 0.1) is 0 Å². The van der Waals surface area contributed by atoms with Crippen molar-refractivity contribution in [3.05, 3.63) is 194 Å². The first-order valence-electron chi connectivity index (χ1n) is 17.8. The zero-order chi connectivity index (χ0) is 34.4. The van der Waals surface area contributed by atoms with E-state index in [9.17, 15) is 0 Å². The molecule has 0 spiro atoms. The van der Waals surface area contributed by atoms with Crippen molar-refractivity contribution < 1.29 is 0 Å². The smallest absolute Gasteiger partial charge is 0.0541 e. The molecule has 6 aromatic carbocycles. The number of rotatable bonds is 5. The van der Waals surface area contributed by atoms with Crippen LogP contribution in [0.25, 0.3) is 72.0 Å². The molecule has 4 heteroatoms. The van der Waals surface area contributed by atoms with E-state index in [1.54, 1.807) is 0 Å². The van der Waals surface area contributed by atoms with Crippen molar-refractivity contribution in [1.29, 1.82) is 0 Å². The minimum absolute atomic E-state index is 0.796. The van der Waals surface area contributed by atoms with E-state index in [0.717, 1.165) is 40.9 Å². The fourth-order valence-corrected chi connectivity index (χ4v) is 7.94. The van der Waals surface area contributed by atoms with Crippen LogP contribution in [0.5, 0.6) is 0 Å². The van der Waals surface area contributed by atoms with Crippen molar-refractivity contribution in [2.45, 2.75) is 13.1 Å². The lowest BCUT2D eigenvalue weighted by Gasteiger charge is -2.24. The van der Waals surface area contributed by atoms with Crippen molar-refractivity contribution in [2.75, 3.05) is 4.90 Å². The highest BCUT2D eigenvalue weighted by atomic mass is 15.1. The Kier molecular flexibility index (Phi) is 7.24. The molecule has 0 aliphatic carbocycles. The summed E-state index contributed by atoms with van der Waals surface area (Å²) in [4.78, 5) is 11.4. The lowest BCUT2D eigenvalue weighted by molar-refractivity contribution is 0.812. The molecule has 0 atom stereocenters. The maximum absolute atomic E-state index is 4.43. The highest BCUT2D eigenvalue weighted by molar-refractivity contribution is 6.09. The largest absolute Gasteiger partial charge is 0.363 e. The number of para-hydroxylation sites is 3. The molecule has 0 radical (unpaired) electrons. The standard InChI is InChI=1S/C48H34N4/c1-2-12-41(13-3-1)51-31-36-18-20-42(52-47-16-6-4-14-44(47)45-15-5-7-17-48(45)52)28-46(36)43-21-19-33(24-40(43)32-51)37-25-38(34-10-8-22-49-29-34)27-39(26-37)35-11-9-23-50-30-35/h1-30H,31-32H2. The molecule has 0 saturated heterocycles. The van der Waals surface area contributed by atoms with Crippen LogP contribution in [0.1, 0.15) is 11.1 Å². The van der Waals surface area contributed by atoms with Gasteiger partial charge in [0.25, 0.3) is 0 Å². The van der Waals surface area contributed by atoms with Crippen molar-refractivity contribution in [3.63, 3.8) is 0 Å².